The molecule has 1 aliphatic carbocycles. The first-order valence-corrected chi connectivity index (χ1v) is 18.7. The number of carboxylic acids is 1. The first-order valence-electron chi connectivity index (χ1n) is 17.2. The second-order valence-corrected chi connectivity index (χ2v) is 15.7. The number of hydrogen-bond donors (Lipinski definition) is 4. The number of benzene rings is 4. The number of nitrogens with one attached hydrogen (secondary N) is 2. The Morgan fingerprint density at radius 3 is 2.15 bits per heavy atom. The normalized spacial score (nSPS) is 15.4. The van der Waals surface area contributed by atoms with Crippen molar-refractivity contribution in [3.8, 4) is 16.9 Å². The van der Waals surface area contributed by atoms with Crippen LogP contribution in [-0.4, -0.2) is 49.8 Å². The van der Waals surface area contributed by atoms with Gasteiger partial charge in [-0.25, -0.2) is 27.7 Å². The molecule has 0 saturated heterocycles. The van der Waals surface area contributed by atoms with Crippen LogP contribution < -0.4 is 20.5 Å². The Morgan fingerprint density at radius 1 is 0.942 bits per heavy atom. The molecule has 52 heavy (non-hydrogen) atoms. The SMILES string of the molecule is Cc1c(C)c(S(=O)(=O)NC(N)=NCc2ccc(C[C@H](NC(=O)OCC3c4ccccc4-c4ccccc43)C(=O)O)cc2)c(C)c2c1OC(C)(C)CC2. The molecule has 12 heteroatoms. The molecule has 4 aromatic carbocycles. The number of sulfonamides is 1. The van der Waals surface area contributed by atoms with E-state index in [1.165, 1.54) is 0 Å². The number of carbonyl (C=O) groups is 2. The summed E-state index contributed by atoms with van der Waals surface area (Å²) < 4.78 is 41.3. The van der Waals surface area contributed by atoms with E-state index in [-0.39, 0.29) is 41.9 Å². The number of nitrogens with two attached hydrogens (primary N) is 1. The fourth-order valence-corrected chi connectivity index (χ4v) is 8.67. The second-order valence-electron chi connectivity index (χ2n) is 14.1. The molecule has 11 nitrogen and oxygen atoms in total. The van der Waals surface area contributed by atoms with Crippen molar-refractivity contribution in [2.75, 3.05) is 6.61 Å². The van der Waals surface area contributed by atoms with Gasteiger partial charge in [-0.3, -0.25) is 0 Å². The molecule has 0 spiro atoms. The average Bonchev–Trinajstić information content (AvgIpc) is 3.42. The molecule has 0 saturated carbocycles. The van der Waals surface area contributed by atoms with Crippen LogP contribution in [-0.2, 0) is 38.9 Å². The molecule has 1 aliphatic heterocycles. The molecule has 0 aromatic heterocycles. The Hall–Kier alpha value is -5.36. The highest BCUT2D eigenvalue weighted by atomic mass is 32.2. The highest BCUT2D eigenvalue weighted by molar-refractivity contribution is 7.90. The first-order chi connectivity index (χ1) is 24.6. The number of nitrogens with zero attached hydrogens (tertiary/aromatic N) is 1. The summed E-state index contributed by atoms with van der Waals surface area (Å²) >= 11 is 0. The Balaban J connectivity index is 1.05. The number of guanidine groups is 1. The third-order valence-electron chi connectivity index (χ3n) is 10.0. The maximum Gasteiger partial charge on any atom is 0.407 e. The van der Waals surface area contributed by atoms with E-state index in [4.69, 9.17) is 15.2 Å². The summed E-state index contributed by atoms with van der Waals surface area (Å²) in [4.78, 5) is 29.3. The molecule has 272 valence electrons. The van der Waals surface area contributed by atoms with Crippen LogP contribution in [0.4, 0.5) is 4.79 Å². The van der Waals surface area contributed by atoms with Crippen LogP contribution >= 0.6 is 0 Å². The smallest absolute Gasteiger partial charge is 0.407 e. The van der Waals surface area contributed by atoms with E-state index in [1.807, 2.05) is 69.3 Å². The van der Waals surface area contributed by atoms with Gasteiger partial charge in [0.2, 0.25) is 5.96 Å². The Bertz CT molecular complexity index is 2130. The number of aliphatic carboxylic acids is 1. The zero-order valence-corrected chi connectivity index (χ0v) is 30.8. The van der Waals surface area contributed by atoms with Crippen molar-refractivity contribution in [1.29, 1.82) is 0 Å². The lowest BCUT2D eigenvalue weighted by Crippen LogP contribution is -2.42. The number of carbonyl (C=O) groups excluding carboxylic acids is 1. The molecule has 0 fully saturated rings. The van der Waals surface area contributed by atoms with Gasteiger partial charge in [0, 0.05) is 12.3 Å². The van der Waals surface area contributed by atoms with E-state index < -0.39 is 28.1 Å². The largest absolute Gasteiger partial charge is 0.487 e. The molecule has 6 rings (SSSR count). The fourth-order valence-electron chi connectivity index (χ4n) is 7.15. The molecule has 0 bridgehead atoms. The van der Waals surface area contributed by atoms with Gasteiger partial charge in [0.15, 0.2) is 0 Å². The number of carboxylic acid groups (broad SMARTS) is 1. The van der Waals surface area contributed by atoms with Crippen LogP contribution in [0.25, 0.3) is 11.1 Å². The fraction of sp³-hybridized carbons (Fsp3) is 0.325. The minimum Gasteiger partial charge on any atom is -0.487 e. The highest BCUT2D eigenvalue weighted by Crippen LogP contribution is 2.45. The van der Waals surface area contributed by atoms with Crippen molar-refractivity contribution >= 4 is 28.0 Å². The van der Waals surface area contributed by atoms with Crippen LogP contribution in [0.2, 0.25) is 0 Å². The summed E-state index contributed by atoms with van der Waals surface area (Å²) in [5, 5.41) is 12.3. The van der Waals surface area contributed by atoms with Gasteiger partial charge in [-0.05, 0) is 103 Å². The maximum absolute atomic E-state index is 13.5. The molecule has 1 amide bonds. The van der Waals surface area contributed by atoms with Gasteiger partial charge in [-0.1, -0.05) is 72.8 Å². The monoisotopic (exact) mass is 724 g/mol. The van der Waals surface area contributed by atoms with Crippen molar-refractivity contribution in [2.45, 2.75) is 82.9 Å². The topological polar surface area (TPSA) is 169 Å². The van der Waals surface area contributed by atoms with Crippen molar-refractivity contribution in [3.05, 3.63) is 117 Å². The lowest BCUT2D eigenvalue weighted by Gasteiger charge is -2.35. The predicted molar refractivity (Wildman–Crippen MR) is 199 cm³/mol. The van der Waals surface area contributed by atoms with Crippen molar-refractivity contribution in [3.63, 3.8) is 0 Å². The standard InChI is InChI=1S/C40H44N4O7S/c1-23-24(2)36(25(3)28-18-19-40(4,5)51-35(23)28)52(48,49)44-38(41)42-21-27-16-14-26(15-17-27)20-34(37(45)46)43-39(47)50-22-33-31-12-8-6-10-29(31)30-11-7-9-13-32(30)33/h6-17,33-34H,18-22H2,1-5H3,(H,43,47)(H,45,46)(H3,41,42,44)/t34-/m0/s1. The number of hydrogen-bond acceptors (Lipinski definition) is 7. The molecule has 2 aliphatic rings. The van der Waals surface area contributed by atoms with Crippen LogP contribution in [0.5, 0.6) is 5.75 Å². The van der Waals surface area contributed by atoms with E-state index in [9.17, 15) is 23.1 Å². The molecular weight excluding hydrogens is 681 g/mol. The first kappa shape index (κ1) is 36.4. The lowest BCUT2D eigenvalue weighted by molar-refractivity contribution is -0.139. The molecule has 1 heterocycles. The van der Waals surface area contributed by atoms with Gasteiger partial charge in [0.25, 0.3) is 10.0 Å². The zero-order chi connectivity index (χ0) is 37.4. The van der Waals surface area contributed by atoms with Gasteiger partial charge in [0.05, 0.1) is 11.4 Å². The second kappa shape index (κ2) is 14.3. The van der Waals surface area contributed by atoms with Crippen LogP contribution in [0.1, 0.15) is 70.7 Å². The van der Waals surface area contributed by atoms with Crippen LogP contribution in [0.3, 0.4) is 0 Å². The third kappa shape index (κ3) is 7.48. The average molecular weight is 725 g/mol. The van der Waals surface area contributed by atoms with E-state index in [1.54, 1.807) is 38.1 Å². The summed E-state index contributed by atoms with van der Waals surface area (Å²) in [6, 6.07) is 21.7. The zero-order valence-electron chi connectivity index (χ0n) is 29.9. The van der Waals surface area contributed by atoms with E-state index in [0.717, 1.165) is 51.1 Å². The minimum absolute atomic E-state index is 0.0203. The Morgan fingerprint density at radius 2 is 1.54 bits per heavy atom. The van der Waals surface area contributed by atoms with Crippen LogP contribution in [0, 0.1) is 20.8 Å². The summed E-state index contributed by atoms with van der Waals surface area (Å²) in [5.74, 6) is -0.852. The summed E-state index contributed by atoms with van der Waals surface area (Å²) in [6.45, 7) is 9.62. The number of fused-ring (bicyclic) bond motifs is 4. The highest BCUT2D eigenvalue weighted by Gasteiger charge is 2.34. The number of aliphatic imine (C=N–C) groups is 1. The van der Waals surface area contributed by atoms with Crippen LogP contribution in [0.15, 0.2) is 82.7 Å². The number of amides is 1. The van der Waals surface area contributed by atoms with Gasteiger partial charge in [-0.2, -0.15) is 0 Å². The van der Waals surface area contributed by atoms with Gasteiger partial charge in [0.1, 0.15) is 24.0 Å². The molecule has 1 atom stereocenters. The van der Waals surface area contributed by atoms with Crippen molar-refractivity contribution in [2.24, 2.45) is 10.7 Å². The minimum atomic E-state index is -4.05. The Labute approximate surface area is 304 Å². The number of rotatable bonds is 10. The molecule has 0 unspecified atom stereocenters. The molecule has 0 radical (unpaired) electrons. The number of ether oxygens (including phenoxy) is 2. The van der Waals surface area contributed by atoms with E-state index >= 15 is 0 Å². The maximum atomic E-state index is 13.5. The van der Waals surface area contributed by atoms with Crippen molar-refractivity contribution in [1.82, 2.24) is 10.0 Å². The quantitative estimate of drug-likeness (QED) is 0.113. The van der Waals surface area contributed by atoms with Crippen molar-refractivity contribution < 1.29 is 32.6 Å². The lowest BCUT2D eigenvalue weighted by atomic mass is 9.88. The molecule has 4 aromatic rings. The van der Waals surface area contributed by atoms with Gasteiger partial charge >= 0.3 is 12.1 Å². The van der Waals surface area contributed by atoms with Gasteiger partial charge in [-0.15, -0.1) is 0 Å². The third-order valence-corrected chi connectivity index (χ3v) is 11.6. The summed E-state index contributed by atoms with van der Waals surface area (Å²) in [5.41, 5.74) is 14.3. The predicted octanol–water partition coefficient (Wildman–Crippen LogP) is 6.04. The van der Waals surface area contributed by atoms with E-state index in [2.05, 4.69) is 15.0 Å². The summed E-state index contributed by atoms with van der Waals surface area (Å²) in [6.07, 6.45) is 0.680. The van der Waals surface area contributed by atoms with E-state index in [0.29, 0.717) is 23.1 Å². The molecule has 5 N–H and O–H groups in total. The summed E-state index contributed by atoms with van der Waals surface area (Å²) in [7, 11) is -4.05. The number of alkyl carbamates (subject to hydrolysis) is 1. The molecular formula is C40H44N4O7S. The van der Waals surface area contributed by atoms with Gasteiger partial charge < -0.3 is 25.6 Å². The Kier molecular flexibility index (Phi) is 10.0.